The summed E-state index contributed by atoms with van der Waals surface area (Å²) in [5, 5.41) is 4.07. The van der Waals surface area contributed by atoms with Crippen molar-refractivity contribution in [1.29, 1.82) is 0 Å². The van der Waals surface area contributed by atoms with Crippen LogP contribution in [0.15, 0.2) is 23.1 Å². The lowest BCUT2D eigenvalue weighted by Crippen LogP contribution is -1.87. The molecule has 1 aliphatic carbocycles. The number of rotatable bonds is 2. The zero-order valence-electron chi connectivity index (χ0n) is 8.47. The Morgan fingerprint density at radius 2 is 2.20 bits per heavy atom. The molecule has 0 spiro atoms. The fourth-order valence-electron chi connectivity index (χ4n) is 1.73. The first-order valence-electron chi connectivity index (χ1n) is 5.09. The van der Waals surface area contributed by atoms with Gasteiger partial charge in [0.2, 0.25) is 0 Å². The van der Waals surface area contributed by atoms with Gasteiger partial charge in [-0.25, -0.2) is 0 Å². The first-order chi connectivity index (χ1) is 7.36. The Morgan fingerprint density at radius 3 is 2.87 bits per heavy atom. The van der Waals surface area contributed by atoms with Gasteiger partial charge in [0.15, 0.2) is 0 Å². The summed E-state index contributed by atoms with van der Waals surface area (Å²) in [5.74, 6) is 1.61. The first kappa shape index (κ1) is 8.59. The van der Waals surface area contributed by atoms with E-state index >= 15 is 0 Å². The molecular formula is C11H11N3O. The molecule has 2 heterocycles. The van der Waals surface area contributed by atoms with Gasteiger partial charge in [0.25, 0.3) is 0 Å². The average Bonchev–Trinajstić information content (AvgIpc) is 3.04. The molecule has 2 aromatic heterocycles. The van der Waals surface area contributed by atoms with E-state index in [1.54, 1.807) is 18.6 Å². The fourth-order valence-corrected chi connectivity index (χ4v) is 1.73. The summed E-state index contributed by atoms with van der Waals surface area (Å²) in [6, 6.07) is 0. The Morgan fingerprint density at radius 1 is 1.33 bits per heavy atom. The first-order valence-corrected chi connectivity index (χ1v) is 5.09. The predicted molar refractivity (Wildman–Crippen MR) is 54.2 cm³/mol. The molecule has 2 aromatic rings. The number of nitrogens with zero attached hydrogens (tertiary/aromatic N) is 3. The lowest BCUT2D eigenvalue weighted by molar-refractivity contribution is 0.385. The molecule has 1 fully saturated rings. The van der Waals surface area contributed by atoms with Crippen LogP contribution in [0.5, 0.6) is 0 Å². The van der Waals surface area contributed by atoms with Gasteiger partial charge in [-0.05, 0) is 19.8 Å². The van der Waals surface area contributed by atoms with Crippen molar-refractivity contribution >= 4 is 0 Å². The Hall–Kier alpha value is -1.71. The van der Waals surface area contributed by atoms with E-state index in [0.717, 1.165) is 22.7 Å². The van der Waals surface area contributed by atoms with Crippen LogP contribution >= 0.6 is 0 Å². The molecular weight excluding hydrogens is 190 g/mol. The third-order valence-electron chi connectivity index (χ3n) is 2.71. The number of hydrogen-bond donors (Lipinski definition) is 0. The zero-order valence-corrected chi connectivity index (χ0v) is 8.47. The summed E-state index contributed by atoms with van der Waals surface area (Å²) in [7, 11) is 0. The van der Waals surface area contributed by atoms with Crippen molar-refractivity contribution in [3.8, 4) is 11.4 Å². The van der Waals surface area contributed by atoms with E-state index in [1.165, 1.54) is 12.8 Å². The molecule has 4 nitrogen and oxygen atoms in total. The molecule has 3 rings (SSSR count). The van der Waals surface area contributed by atoms with Gasteiger partial charge in [-0.2, -0.15) is 0 Å². The van der Waals surface area contributed by atoms with Crippen LogP contribution in [0.25, 0.3) is 11.4 Å². The van der Waals surface area contributed by atoms with Crippen LogP contribution in [0.1, 0.15) is 30.1 Å². The summed E-state index contributed by atoms with van der Waals surface area (Å²) < 4.78 is 5.36. The third-order valence-corrected chi connectivity index (χ3v) is 2.71. The van der Waals surface area contributed by atoms with Crippen molar-refractivity contribution in [3.63, 3.8) is 0 Å². The van der Waals surface area contributed by atoms with Crippen LogP contribution in [-0.2, 0) is 0 Å². The summed E-state index contributed by atoms with van der Waals surface area (Å²) in [6.07, 6.45) is 7.47. The van der Waals surface area contributed by atoms with E-state index in [2.05, 4.69) is 15.1 Å². The molecule has 15 heavy (non-hydrogen) atoms. The average molecular weight is 201 g/mol. The molecule has 0 atom stereocenters. The molecule has 0 amide bonds. The maximum absolute atomic E-state index is 5.36. The standard InChI is InChI=1S/C11H11N3O/c1-7-10(9-6-12-4-5-13-9)14-15-11(7)8-2-3-8/h4-6,8H,2-3H2,1H3. The van der Waals surface area contributed by atoms with Crippen LogP contribution < -0.4 is 0 Å². The van der Waals surface area contributed by atoms with Crippen molar-refractivity contribution < 1.29 is 4.52 Å². The van der Waals surface area contributed by atoms with Crippen molar-refractivity contribution in [3.05, 3.63) is 29.9 Å². The van der Waals surface area contributed by atoms with Gasteiger partial charge in [0, 0.05) is 23.9 Å². The van der Waals surface area contributed by atoms with Crippen LogP contribution in [-0.4, -0.2) is 15.1 Å². The van der Waals surface area contributed by atoms with Crippen molar-refractivity contribution in [2.75, 3.05) is 0 Å². The highest BCUT2D eigenvalue weighted by molar-refractivity contribution is 5.58. The lowest BCUT2D eigenvalue weighted by Gasteiger charge is -1.95. The minimum absolute atomic E-state index is 0.586. The summed E-state index contributed by atoms with van der Waals surface area (Å²) in [6.45, 7) is 2.04. The molecule has 76 valence electrons. The third kappa shape index (κ3) is 1.42. The normalized spacial score (nSPS) is 15.5. The highest BCUT2D eigenvalue weighted by atomic mass is 16.5. The fraction of sp³-hybridized carbons (Fsp3) is 0.364. The predicted octanol–water partition coefficient (Wildman–Crippen LogP) is 2.32. The van der Waals surface area contributed by atoms with Gasteiger partial charge in [-0.1, -0.05) is 5.16 Å². The van der Waals surface area contributed by atoms with E-state index in [1.807, 2.05) is 6.92 Å². The Labute approximate surface area is 87.3 Å². The van der Waals surface area contributed by atoms with Crippen LogP contribution in [0, 0.1) is 6.92 Å². The van der Waals surface area contributed by atoms with Gasteiger partial charge in [0.05, 0.1) is 6.20 Å². The highest BCUT2D eigenvalue weighted by Gasteiger charge is 2.31. The second-order valence-electron chi connectivity index (χ2n) is 3.89. The van der Waals surface area contributed by atoms with Gasteiger partial charge >= 0.3 is 0 Å². The Bertz CT molecular complexity index is 474. The maximum atomic E-state index is 5.36. The summed E-state index contributed by atoms with van der Waals surface area (Å²) in [4.78, 5) is 8.25. The molecule has 0 saturated heterocycles. The molecule has 0 radical (unpaired) electrons. The number of aromatic nitrogens is 3. The van der Waals surface area contributed by atoms with Gasteiger partial charge in [-0.3, -0.25) is 9.97 Å². The summed E-state index contributed by atoms with van der Waals surface area (Å²) >= 11 is 0. The maximum Gasteiger partial charge on any atom is 0.143 e. The molecule has 0 unspecified atom stereocenters. The van der Waals surface area contributed by atoms with Gasteiger partial charge in [0.1, 0.15) is 17.1 Å². The molecule has 0 aliphatic heterocycles. The number of hydrogen-bond acceptors (Lipinski definition) is 4. The van der Waals surface area contributed by atoms with Gasteiger partial charge in [-0.15, -0.1) is 0 Å². The van der Waals surface area contributed by atoms with Crippen LogP contribution in [0.4, 0.5) is 0 Å². The zero-order chi connectivity index (χ0) is 10.3. The molecule has 4 heteroatoms. The van der Waals surface area contributed by atoms with Crippen LogP contribution in [0.3, 0.4) is 0 Å². The Balaban J connectivity index is 2.05. The monoisotopic (exact) mass is 201 g/mol. The van der Waals surface area contributed by atoms with Crippen LogP contribution in [0.2, 0.25) is 0 Å². The molecule has 0 aromatic carbocycles. The molecule has 1 aliphatic rings. The van der Waals surface area contributed by atoms with E-state index in [9.17, 15) is 0 Å². The van der Waals surface area contributed by atoms with Crippen molar-refractivity contribution in [2.24, 2.45) is 0 Å². The van der Waals surface area contributed by atoms with E-state index < -0.39 is 0 Å². The van der Waals surface area contributed by atoms with Crippen molar-refractivity contribution in [1.82, 2.24) is 15.1 Å². The highest BCUT2D eigenvalue weighted by Crippen LogP contribution is 2.43. The smallest absolute Gasteiger partial charge is 0.143 e. The minimum Gasteiger partial charge on any atom is -0.360 e. The van der Waals surface area contributed by atoms with Crippen molar-refractivity contribution in [2.45, 2.75) is 25.7 Å². The van der Waals surface area contributed by atoms with E-state index in [4.69, 9.17) is 4.52 Å². The SMILES string of the molecule is Cc1c(-c2cnccn2)noc1C1CC1. The lowest BCUT2D eigenvalue weighted by atomic mass is 10.1. The second-order valence-corrected chi connectivity index (χ2v) is 3.89. The molecule has 1 saturated carbocycles. The van der Waals surface area contributed by atoms with Gasteiger partial charge < -0.3 is 4.52 Å². The van der Waals surface area contributed by atoms with E-state index in [0.29, 0.717) is 5.92 Å². The van der Waals surface area contributed by atoms with E-state index in [-0.39, 0.29) is 0 Å². The summed E-state index contributed by atoms with van der Waals surface area (Å²) in [5.41, 5.74) is 2.72. The largest absolute Gasteiger partial charge is 0.360 e. The molecule has 0 N–H and O–H groups in total. The second kappa shape index (κ2) is 3.15. The quantitative estimate of drug-likeness (QED) is 0.748. The minimum atomic E-state index is 0.586. The molecule has 0 bridgehead atoms. The Kier molecular flexibility index (Phi) is 1.80. The topological polar surface area (TPSA) is 51.8 Å².